The van der Waals surface area contributed by atoms with E-state index in [1.54, 1.807) is 6.07 Å². The van der Waals surface area contributed by atoms with Gasteiger partial charge in [0, 0.05) is 5.56 Å². The molecule has 0 radical (unpaired) electrons. The van der Waals surface area contributed by atoms with E-state index in [-0.39, 0.29) is 11.3 Å². The van der Waals surface area contributed by atoms with Crippen LogP contribution in [-0.4, -0.2) is 21.3 Å². The van der Waals surface area contributed by atoms with Crippen molar-refractivity contribution >= 4 is 5.97 Å². The zero-order chi connectivity index (χ0) is 11.6. The summed E-state index contributed by atoms with van der Waals surface area (Å²) in [6, 6.07) is 3.13. The zero-order valence-electron chi connectivity index (χ0n) is 8.69. The fraction of sp³-hybridized carbons (Fsp3) is 0.364. The number of phenols is 1. The number of benzene rings is 1. The summed E-state index contributed by atoms with van der Waals surface area (Å²) < 4.78 is 0. The summed E-state index contributed by atoms with van der Waals surface area (Å²) in [4.78, 5) is 10.4. The molecule has 3 N–H and O–H groups in total. The molecule has 0 aliphatic carbocycles. The number of aliphatic hydroxyl groups is 1. The molecular weight excluding hydrogens is 196 g/mol. The second-order valence-corrected chi connectivity index (χ2v) is 3.61. The Balaban J connectivity index is 3.03. The van der Waals surface area contributed by atoms with Gasteiger partial charge in [0.05, 0.1) is 12.5 Å². The van der Waals surface area contributed by atoms with Crippen molar-refractivity contribution < 1.29 is 20.1 Å². The van der Waals surface area contributed by atoms with E-state index in [2.05, 4.69) is 0 Å². The molecule has 1 aromatic carbocycles. The summed E-state index contributed by atoms with van der Waals surface area (Å²) >= 11 is 0. The minimum atomic E-state index is -1.17. The van der Waals surface area contributed by atoms with Crippen LogP contribution in [0.3, 0.4) is 0 Å². The predicted octanol–water partition coefficient (Wildman–Crippen LogP) is 1.52. The molecule has 4 heteroatoms. The van der Waals surface area contributed by atoms with Crippen molar-refractivity contribution in [3.63, 3.8) is 0 Å². The lowest BCUT2D eigenvalue weighted by Gasteiger charge is -2.12. The van der Waals surface area contributed by atoms with Gasteiger partial charge in [0.25, 0.3) is 0 Å². The third-order valence-corrected chi connectivity index (χ3v) is 2.37. The van der Waals surface area contributed by atoms with E-state index in [0.717, 1.165) is 11.1 Å². The van der Waals surface area contributed by atoms with Gasteiger partial charge in [-0.25, -0.2) is 0 Å². The molecular formula is C11H14O4. The number of aryl methyl sites for hydroxylation is 2. The van der Waals surface area contributed by atoms with Crippen molar-refractivity contribution in [2.75, 3.05) is 0 Å². The number of hydrogen-bond acceptors (Lipinski definition) is 3. The predicted molar refractivity (Wildman–Crippen MR) is 54.8 cm³/mol. The summed E-state index contributed by atoms with van der Waals surface area (Å²) in [6.45, 7) is 3.67. The van der Waals surface area contributed by atoms with Crippen LogP contribution in [-0.2, 0) is 4.79 Å². The first kappa shape index (κ1) is 11.5. The van der Waals surface area contributed by atoms with E-state index in [1.807, 2.05) is 13.8 Å². The molecule has 4 nitrogen and oxygen atoms in total. The highest BCUT2D eigenvalue weighted by Crippen LogP contribution is 2.29. The number of carboxylic acids is 1. The van der Waals surface area contributed by atoms with Crippen LogP contribution < -0.4 is 0 Å². The fourth-order valence-electron chi connectivity index (χ4n) is 1.37. The summed E-state index contributed by atoms with van der Waals surface area (Å²) in [7, 11) is 0. The second-order valence-electron chi connectivity index (χ2n) is 3.61. The third kappa shape index (κ3) is 2.70. The largest absolute Gasteiger partial charge is 0.508 e. The highest BCUT2D eigenvalue weighted by molar-refractivity contribution is 5.68. The number of hydrogen-bond donors (Lipinski definition) is 3. The Morgan fingerprint density at radius 3 is 2.40 bits per heavy atom. The molecule has 0 saturated carbocycles. The van der Waals surface area contributed by atoms with E-state index in [0.29, 0.717) is 0 Å². The normalized spacial score (nSPS) is 12.5. The van der Waals surface area contributed by atoms with E-state index in [4.69, 9.17) is 5.11 Å². The Morgan fingerprint density at radius 2 is 1.87 bits per heavy atom. The van der Waals surface area contributed by atoms with Crippen LogP contribution in [0.5, 0.6) is 5.75 Å². The Bertz CT molecular complexity index is 384. The molecule has 0 saturated heterocycles. The van der Waals surface area contributed by atoms with Crippen LogP contribution in [0.2, 0.25) is 0 Å². The van der Waals surface area contributed by atoms with Gasteiger partial charge in [-0.2, -0.15) is 0 Å². The van der Waals surface area contributed by atoms with Gasteiger partial charge in [0.15, 0.2) is 0 Å². The van der Waals surface area contributed by atoms with Crippen molar-refractivity contribution in [1.82, 2.24) is 0 Å². The number of carbonyl (C=O) groups is 1. The van der Waals surface area contributed by atoms with Crippen LogP contribution in [0, 0.1) is 13.8 Å². The summed E-state index contributed by atoms with van der Waals surface area (Å²) in [5.41, 5.74) is 2.08. The monoisotopic (exact) mass is 210 g/mol. The molecule has 0 spiro atoms. The van der Waals surface area contributed by atoms with Crippen LogP contribution in [0.4, 0.5) is 0 Å². The van der Waals surface area contributed by atoms with Gasteiger partial charge in [-0.05, 0) is 37.1 Å². The molecule has 1 rings (SSSR count). The number of aliphatic carboxylic acids is 1. The third-order valence-electron chi connectivity index (χ3n) is 2.37. The van der Waals surface area contributed by atoms with E-state index < -0.39 is 18.5 Å². The maximum atomic E-state index is 10.4. The first-order valence-corrected chi connectivity index (χ1v) is 4.61. The Labute approximate surface area is 87.8 Å². The van der Waals surface area contributed by atoms with Crippen molar-refractivity contribution in [2.24, 2.45) is 0 Å². The van der Waals surface area contributed by atoms with Crippen LogP contribution in [0.25, 0.3) is 0 Å². The van der Waals surface area contributed by atoms with E-state index in [1.165, 1.54) is 6.07 Å². The standard InChI is InChI=1S/C11H14O4/c1-6-3-8(9(12)4-7(6)2)10(13)5-11(14)15/h3-4,10,12-13H,5H2,1-2H3,(H,14,15)/t10-/m0/s1. The van der Waals surface area contributed by atoms with Crippen molar-refractivity contribution in [3.05, 3.63) is 28.8 Å². The number of phenolic OH excluding ortho intramolecular Hbond substituents is 1. The van der Waals surface area contributed by atoms with Crippen molar-refractivity contribution in [2.45, 2.75) is 26.4 Å². The molecule has 0 aliphatic heterocycles. The summed E-state index contributed by atoms with van der Waals surface area (Å²) in [5, 5.41) is 27.6. The molecule has 0 fully saturated rings. The van der Waals surface area contributed by atoms with Gasteiger partial charge in [0.1, 0.15) is 5.75 Å². The smallest absolute Gasteiger partial charge is 0.306 e. The molecule has 82 valence electrons. The lowest BCUT2D eigenvalue weighted by atomic mass is 10.00. The Kier molecular flexibility index (Phi) is 3.31. The highest BCUT2D eigenvalue weighted by Gasteiger charge is 2.16. The topological polar surface area (TPSA) is 77.8 Å². The molecule has 1 atom stereocenters. The lowest BCUT2D eigenvalue weighted by Crippen LogP contribution is -2.06. The average Bonchev–Trinajstić information content (AvgIpc) is 2.09. The van der Waals surface area contributed by atoms with Gasteiger partial charge >= 0.3 is 5.97 Å². The highest BCUT2D eigenvalue weighted by atomic mass is 16.4. The number of aliphatic hydroxyl groups excluding tert-OH is 1. The molecule has 0 bridgehead atoms. The van der Waals surface area contributed by atoms with Crippen LogP contribution in [0.1, 0.15) is 29.2 Å². The quantitative estimate of drug-likeness (QED) is 0.706. The number of rotatable bonds is 3. The molecule has 1 aromatic rings. The lowest BCUT2D eigenvalue weighted by molar-refractivity contribution is -0.139. The van der Waals surface area contributed by atoms with Crippen LogP contribution in [0.15, 0.2) is 12.1 Å². The van der Waals surface area contributed by atoms with Crippen molar-refractivity contribution in [1.29, 1.82) is 0 Å². The van der Waals surface area contributed by atoms with Crippen molar-refractivity contribution in [3.8, 4) is 5.75 Å². The SMILES string of the molecule is Cc1cc(O)c([C@@H](O)CC(=O)O)cc1C. The summed E-state index contributed by atoms with van der Waals surface area (Å²) in [5.74, 6) is -1.16. The molecule has 0 heterocycles. The minimum Gasteiger partial charge on any atom is -0.508 e. The first-order chi connectivity index (χ1) is 6.91. The van der Waals surface area contributed by atoms with Gasteiger partial charge < -0.3 is 15.3 Å². The number of aromatic hydroxyl groups is 1. The van der Waals surface area contributed by atoms with E-state index in [9.17, 15) is 15.0 Å². The molecule has 0 amide bonds. The second kappa shape index (κ2) is 4.31. The van der Waals surface area contributed by atoms with Crippen LogP contribution >= 0.6 is 0 Å². The molecule has 0 unspecified atom stereocenters. The van der Waals surface area contributed by atoms with Gasteiger partial charge in [-0.15, -0.1) is 0 Å². The Morgan fingerprint density at radius 1 is 1.33 bits per heavy atom. The Hall–Kier alpha value is -1.55. The van der Waals surface area contributed by atoms with Gasteiger partial charge in [-0.1, -0.05) is 0 Å². The average molecular weight is 210 g/mol. The maximum Gasteiger partial charge on any atom is 0.306 e. The fourth-order valence-corrected chi connectivity index (χ4v) is 1.37. The molecule has 15 heavy (non-hydrogen) atoms. The maximum absolute atomic E-state index is 10.4. The van der Waals surface area contributed by atoms with Gasteiger partial charge in [-0.3, -0.25) is 4.79 Å². The summed E-state index contributed by atoms with van der Waals surface area (Å²) in [6.07, 6.45) is -1.57. The van der Waals surface area contributed by atoms with Gasteiger partial charge in [0.2, 0.25) is 0 Å². The minimum absolute atomic E-state index is 0.0631. The number of carboxylic acid groups (broad SMARTS) is 1. The molecule has 0 aliphatic rings. The molecule has 0 aromatic heterocycles. The van der Waals surface area contributed by atoms with E-state index >= 15 is 0 Å². The first-order valence-electron chi connectivity index (χ1n) is 4.61. The zero-order valence-corrected chi connectivity index (χ0v) is 8.69.